The molecular formula is C15H26O4. The standard InChI is InChI=1S/C15H26O4/c1-7-19-14(18)12(13(17)10(2)3)8-11(16)9-15(4,5)6/h10,12H,7-9H2,1-6H3. The summed E-state index contributed by atoms with van der Waals surface area (Å²) >= 11 is 0. The van der Waals surface area contributed by atoms with Crippen LogP contribution in [0.25, 0.3) is 0 Å². The molecule has 0 aliphatic rings. The summed E-state index contributed by atoms with van der Waals surface area (Å²) in [7, 11) is 0. The van der Waals surface area contributed by atoms with Crippen LogP contribution in [0.4, 0.5) is 0 Å². The van der Waals surface area contributed by atoms with Crippen LogP contribution in [0.15, 0.2) is 0 Å². The fraction of sp³-hybridized carbons (Fsp3) is 0.800. The zero-order valence-electron chi connectivity index (χ0n) is 12.9. The van der Waals surface area contributed by atoms with E-state index in [0.29, 0.717) is 6.42 Å². The van der Waals surface area contributed by atoms with E-state index in [0.717, 1.165) is 0 Å². The second kappa shape index (κ2) is 7.41. The fourth-order valence-electron chi connectivity index (χ4n) is 1.84. The van der Waals surface area contributed by atoms with Crippen molar-refractivity contribution in [3.05, 3.63) is 0 Å². The molecule has 19 heavy (non-hydrogen) atoms. The zero-order valence-corrected chi connectivity index (χ0v) is 12.9. The highest BCUT2D eigenvalue weighted by Gasteiger charge is 2.32. The highest BCUT2D eigenvalue weighted by Crippen LogP contribution is 2.22. The summed E-state index contributed by atoms with van der Waals surface area (Å²) in [5.74, 6) is -2.10. The summed E-state index contributed by atoms with van der Waals surface area (Å²) in [4.78, 5) is 35.7. The maximum Gasteiger partial charge on any atom is 0.316 e. The summed E-state index contributed by atoms with van der Waals surface area (Å²) < 4.78 is 4.89. The van der Waals surface area contributed by atoms with Gasteiger partial charge >= 0.3 is 5.97 Å². The minimum Gasteiger partial charge on any atom is -0.465 e. The van der Waals surface area contributed by atoms with Gasteiger partial charge in [-0.05, 0) is 12.3 Å². The van der Waals surface area contributed by atoms with Crippen LogP contribution in [0, 0.1) is 17.3 Å². The smallest absolute Gasteiger partial charge is 0.316 e. The van der Waals surface area contributed by atoms with E-state index < -0.39 is 11.9 Å². The third kappa shape index (κ3) is 7.09. The molecule has 0 spiro atoms. The molecule has 0 saturated heterocycles. The second-order valence-corrected chi connectivity index (χ2v) is 6.34. The Labute approximate surface area is 115 Å². The Kier molecular flexibility index (Phi) is 6.95. The van der Waals surface area contributed by atoms with Crippen molar-refractivity contribution in [1.29, 1.82) is 0 Å². The van der Waals surface area contributed by atoms with Crippen molar-refractivity contribution < 1.29 is 19.1 Å². The molecule has 0 aromatic rings. The molecule has 0 aliphatic heterocycles. The second-order valence-electron chi connectivity index (χ2n) is 6.34. The molecule has 110 valence electrons. The molecule has 0 amide bonds. The van der Waals surface area contributed by atoms with Gasteiger partial charge < -0.3 is 4.74 Å². The molecule has 0 heterocycles. The van der Waals surface area contributed by atoms with E-state index in [2.05, 4.69) is 0 Å². The van der Waals surface area contributed by atoms with Crippen molar-refractivity contribution in [2.45, 2.75) is 54.4 Å². The number of rotatable bonds is 7. The molecule has 0 aromatic heterocycles. The van der Waals surface area contributed by atoms with E-state index in [4.69, 9.17) is 4.74 Å². The van der Waals surface area contributed by atoms with Gasteiger partial charge in [0, 0.05) is 18.8 Å². The number of ketones is 2. The molecule has 4 nitrogen and oxygen atoms in total. The number of hydrogen-bond acceptors (Lipinski definition) is 4. The van der Waals surface area contributed by atoms with Crippen molar-refractivity contribution in [1.82, 2.24) is 0 Å². The summed E-state index contributed by atoms with van der Waals surface area (Å²) in [5.41, 5.74) is -0.142. The SMILES string of the molecule is CCOC(=O)C(CC(=O)CC(C)(C)C)C(=O)C(C)C. The van der Waals surface area contributed by atoms with Gasteiger partial charge in [-0.3, -0.25) is 14.4 Å². The van der Waals surface area contributed by atoms with Gasteiger partial charge in [0.1, 0.15) is 17.5 Å². The third-order valence-electron chi connectivity index (χ3n) is 2.64. The number of carbonyl (C=O) groups excluding carboxylic acids is 3. The molecule has 0 bridgehead atoms. The predicted octanol–water partition coefficient (Wildman–Crippen LogP) is 2.79. The topological polar surface area (TPSA) is 60.4 Å². The first-order valence-electron chi connectivity index (χ1n) is 6.80. The van der Waals surface area contributed by atoms with Crippen molar-refractivity contribution in [2.75, 3.05) is 6.61 Å². The maximum atomic E-state index is 12.0. The highest BCUT2D eigenvalue weighted by atomic mass is 16.5. The summed E-state index contributed by atoms with van der Waals surface area (Å²) in [6, 6.07) is 0. The quantitative estimate of drug-likeness (QED) is 0.527. The molecular weight excluding hydrogens is 244 g/mol. The maximum absolute atomic E-state index is 12.0. The van der Waals surface area contributed by atoms with Crippen LogP contribution in [-0.2, 0) is 19.1 Å². The van der Waals surface area contributed by atoms with Gasteiger partial charge in [-0.25, -0.2) is 0 Å². The van der Waals surface area contributed by atoms with Gasteiger partial charge in [0.2, 0.25) is 0 Å². The first-order valence-corrected chi connectivity index (χ1v) is 6.80. The average molecular weight is 270 g/mol. The van der Waals surface area contributed by atoms with Crippen LogP contribution in [0.1, 0.15) is 54.4 Å². The fourth-order valence-corrected chi connectivity index (χ4v) is 1.84. The Morgan fingerprint density at radius 3 is 2.00 bits per heavy atom. The van der Waals surface area contributed by atoms with E-state index in [1.807, 2.05) is 20.8 Å². The summed E-state index contributed by atoms with van der Waals surface area (Å²) in [6.07, 6.45) is 0.307. The average Bonchev–Trinajstić information content (AvgIpc) is 2.22. The molecule has 0 radical (unpaired) electrons. The van der Waals surface area contributed by atoms with E-state index in [1.165, 1.54) is 0 Å². The first kappa shape index (κ1) is 17.8. The van der Waals surface area contributed by atoms with Crippen LogP contribution in [0.5, 0.6) is 0 Å². The van der Waals surface area contributed by atoms with Gasteiger partial charge in [0.05, 0.1) is 6.61 Å². The normalized spacial score (nSPS) is 13.2. The molecule has 0 aromatic carbocycles. The van der Waals surface area contributed by atoms with Gasteiger partial charge in [-0.2, -0.15) is 0 Å². The lowest BCUT2D eigenvalue weighted by molar-refractivity contribution is -0.154. The predicted molar refractivity (Wildman–Crippen MR) is 73.7 cm³/mol. The zero-order chi connectivity index (χ0) is 15.2. The van der Waals surface area contributed by atoms with Gasteiger partial charge in [-0.15, -0.1) is 0 Å². The van der Waals surface area contributed by atoms with Gasteiger partial charge in [0.25, 0.3) is 0 Å². The Bertz CT molecular complexity index is 337. The molecule has 1 unspecified atom stereocenters. The third-order valence-corrected chi connectivity index (χ3v) is 2.64. The van der Waals surface area contributed by atoms with Crippen molar-refractivity contribution in [3.63, 3.8) is 0 Å². The minimum absolute atomic E-state index is 0.0485. The van der Waals surface area contributed by atoms with Crippen LogP contribution in [0.2, 0.25) is 0 Å². The highest BCUT2D eigenvalue weighted by molar-refractivity contribution is 6.03. The number of Topliss-reactive ketones (excluding diaryl/α,β-unsaturated/α-hetero) is 2. The monoisotopic (exact) mass is 270 g/mol. The molecule has 0 rings (SSSR count). The molecule has 0 saturated carbocycles. The van der Waals surface area contributed by atoms with E-state index >= 15 is 0 Å². The van der Waals surface area contributed by atoms with Crippen molar-refractivity contribution in [3.8, 4) is 0 Å². The number of esters is 1. The van der Waals surface area contributed by atoms with E-state index in [-0.39, 0.29) is 35.9 Å². The van der Waals surface area contributed by atoms with Crippen LogP contribution in [-0.4, -0.2) is 24.1 Å². The summed E-state index contributed by atoms with van der Waals surface area (Å²) in [6.45, 7) is 11.2. The van der Waals surface area contributed by atoms with Gasteiger partial charge in [0.15, 0.2) is 0 Å². The molecule has 0 fully saturated rings. The van der Waals surface area contributed by atoms with Crippen molar-refractivity contribution in [2.24, 2.45) is 17.3 Å². The van der Waals surface area contributed by atoms with Crippen LogP contribution >= 0.6 is 0 Å². The number of ether oxygens (including phenoxy) is 1. The van der Waals surface area contributed by atoms with Gasteiger partial charge in [-0.1, -0.05) is 34.6 Å². The molecule has 0 aliphatic carbocycles. The Balaban J connectivity index is 4.82. The molecule has 4 heteroatoms. The van der Waals surface area contributed by atoms with E-state index in [9.17, 15) is 14.4 Å². The lowest BCUT2D eigenvalue weighted by Crippen LogP contribution is -2.32. The Morgan fingerprint density at radius 2 is 1.63 bits per heavy atom. The molecule has 0 N–H and O–H groups in total. The first-order chi connectivity index (χ1) is 8.58. The van der Waals surface area contributed by atoms with Crippen molar-refractivity contribution >= 4 is 17.5 Å². The number of carbonyl (C=O) groups is 3. The summed E-state index contributed by atoms with van der Waals surface area (Å²) in [5, 5.41) is 0. The minimum atomic E-state index is -0.949. The van der Waals surface area contributed by atoms with Crippen LogP contribution < -0.4 is 0 Å². The largest absolute Gasteiger partial charge is 0.465 e. The number of hydrogen-bond donors (Lipinski definition) is 0. The lowest BCUT2D eigenvalue weighted by Gasteiger charge is -2.20. The van der Waals surface area contributed by atoms with E-state index in [1.54, 1.807) is 20.8 Å². The van der Waals surface area contributed by atoms with Crippen LogP contribution in [0.3, 0.4) is 0 Å². The molecule has 1 atom stereocenters. The Hall–Kier alpha value is -1.19. The lowest BCUT2D eigenvalue weighted by atomic mass is 9.84. The Morgan fingerprint density at radius 1 is 1.11 bits per heavy atom.